The van der Waals surface area contributed by atoms with Gasteiger partial charge < -0.3 is 0 Å². The topological polar surface area (TPSA) is 0 Å². The van der Waals surface area contributed by atoms with Gasteiger partial charge in [-0.15, -0.1) is 24.8 Å². The molecule has 2 unspecified atom stereocenters. The van der Waals surface area contributed by atoms with E-state index < -0.39 is 20.4 Å². The average Bonchev–Trinajstić information content (AvgIpc) is 3.10. The number of aryl methyl sites for hydroxylation is 1. The van der Waals surface area contributed by atoms with Gasteiger partial charge in [0, 0.05) is 0 Å². The van der Waals surface area contributed by atoms with Crippen molar-refractivity contribution < 1.29 is 20.4 Å². The maximum atomic E-state index is 2.61. The summed E-state index contributed by atoms with van der Waals surface area (Å²) in [7, 11) is 0. The molecule has 2 aromatic carbocycles. The number of benzene rings is 2. The van der Waals surface area contributed by atoms with Crippen LogP contribution in [-0.2, 0) is 20.4 Å². The number of hydrogen-bond donors (Lipinski definition) is 0. The molecule has 0 radical (unpaired) electrons. The average molecular weight is 563 g/mol. The van der Waals surface area contributed by atoms with Crippen LogP contribution in [0.3, 0.4) is 0 Å². The summed E-state index contributed by atoms with van der Waals surface area (Å²) in [5.41, 5.74) is 13.6. The molecule has 0 aromatic heterocycles. The zero-order valence-corrected chi connectivity index (χ0v) is 25.7. The Labute approximate surface area is 215 Å². The number of rotatable bonds is 3. The van der Waals surface area contributed by atoms with Crippen LogP contribution >= 0.6 is 24.8 Å². The van der Waals surface area contributed by atoms with E-state index in [1.54, 1.807) is 27.9 Å². The van der Waals surface area contributed by atoms with Gasteiger partial charge in [-0.3, -0.25) is 0 Å². The first-order valence-corrected chi connectivity index (χ1v) is 20.0. The Morgan fingerprint density at radius 3 is 1.94 bits per heavy atom. The Balaban J connectivity index is 0.00000181. The monoisotopic (exact) mass is 560 g/mol. The normalized spacial score (nSPS) is 19.6. The molecule has 0 spiro atoms. The van der Waals surface area contributed by atoms with Crippen molar-refractivity contribution in [2.45, 2.75) is 58.3 Å². The molecular weight excluding hydrogens is 527 g/mol. The summed E-state index contributed by atoms with van der Waals surface area (Å²) in [5.74, 6) is 0.654. The largest absolute Gasteiger partial charge is 0.147 e. The van der Waals surface area contributed by atoms with Crippen LogP contribution in [0.1, 0.15) is 60.5 Å². The van der Waals surface area contributed by atoms with Gasteiger partial charge in [-0.25, -0.2) is 0 Å². The van der Waals surface area contributed by atoms with Gasteiger partial charge in [0.15, 0.2) is 0 Å². The summed E-state index contributed by atoms with van der Waals surface area (Å²) in [6, 6.07) is 18.3. The second-order valence-corrected chi connectivity index (χ2v) is 26.8. The van der Waals surface area contributed by atoms with E-state index in [2.05, 4.69) is 103 Å². The van der Waals surface area contributed by atoms with Crippen LogP contribution in [0.25, 0.3) is 5.57 Å². The third kappa shape index (κ3) is 4.50. The van der Waals surface area contributed by atoms with Gasteiger partial charge >= 0.3 is 192 Å². The summed E-state index contributed by atoms with van der Waals surface area (Å²) in [6.07, 6.45) is 0. The number of allylic oxidation sites excluding steroid dienone is 5. The second-order valence-electron chi connectivity index (χ2n) is 9.43. The van der Waals surface area contributed by atoms with Gasteiger partial charge in [0.2, 0.25) is 0 Å². The fourth-order valence-electron chi connectivity index (χ4n) is 5.61. The number of fused-ring (bicyclic) bond motifs is 1. The van der Waals surface area contributed by atoms with Gasteiger partial charge in [0.05, 0.1) is 0 Å². The van der Waals surface area contributed by atoms with Crippen molar-refractivity contribution >= 4 is 35.8 Å². The van der Waals surface area contributed by atoms with Gasteiger partial charge in [0.25, 0.3) is 0 Å². The minimum absolute atomic E-state index is 0. The molecule has 0 saturated heterocycles. The van der Waals surface area contributed by atoms with Gasteiger partial charge in [-0.05, 0) is 0 Å². The van der Waals surface area contributed by atoms with E-state index in [0.717, 1.165) is 0 Å². The van der Waals surface area contributed by atoms with E-state index in [1.165, 1.54) is 22.3 Å². The third-order valence-electron chi connectivity index (χ3n) is 7.44. The minimum Gasteiger partial charge on any atom is -0.147 e. The summed E-state index contributed by atoms with van der Waals surface area (Å²) < 4.78 is 2.60. The molecule has 2 aromatic rings. The van der Waals surface area contributed by atoms with Crippen molar-refractivity contribution in [3.8, 4) is 0 Å². The quantitative estimate of drug-likeness (QED) is 0.328. The Bertz CT molecular complexity index is 1170. The number of halogens is 2. The molecule has 2 aliphatic rings. The SMILES string of the molecule is CC1=C(C)C(C)[C]([Zr]([CH]2C(C)=C(c3ccccc3)c3ccc(C)cc32)=[Si](C)C)=C1C.Cl.Cl. The van der Waals surface area contributed by atoms with Crippen LogP contribution in [0.5, 0.6) is 0 Å². The van der Waals surface area contributed by atoms with E-state index in [-0.39, 0.29) is 30.2 Å². The van der Waals surface area contributed by atoms with Gasteiger partial charge in [-0.1, -0.05) is 0 Å². The minimum atomic E-state index is -1.96. The first-order chi connectivity index (χ1) is 14.2. The van der Waals surface area contributed by atoms with Crippen LogP contribution in [0, 0.1) is 12.8 Å². The van der Waals surface area contributed by atoms with E-state index in [4.69, 9.17) is 0 Å². The fraction of sp³-hybridized carbons (Fsp3) is 0.357. The molecule has 0 nitrogen and oxygen atoms in total. The van der Waals surface area contributed by atoms with Crippen LogP contribution < -0.4 is 0 Å². The first kappa shape index (κ1) is 27.6. The van der Waals surface area contributed by atoms with Gasteiger partial charge in [-0.2, -0.15) is 0 Å². The smallest absolute Gasteiger partial charge is 0.147 e. The van der Waals surface area contributed by atoms with E-state index in [0.29, 0.717) is 9.54 Å². The Hall–Kier alpha value is -0.660. The van der Waals surface area contributed by atoms with Crippen molar-refractivity contribution in [1.82, 2.24) is 0 Å². The van der Waals surface area contributed by atoms with Crippen molar-refractivity contribution in [3.63, 3.8) is 0 Å². The van der Waals surface area contributed by atoms with Crippen LogP contribution in [-0.4, -0.2) is 5.43 Å². The predicted molar refractivity (Wildman–Crippen MR) is 144 cm³/mol. The Morgan fingerprint density at radius 2 is 1.41 bits per heavy atom. The molecule has 0 fully saturated rings. The van der Waals surface area contributed by atoms with E-state index >= 15 is 0 Å². The third-order valence-corrected chi connectivity index (χ3v) is 26.4. The van der Waals surface area contributed by atoms with Crippen LogP contribution in [0.4, 0.5) is 0 Å². The van der Waals surface area contributed by atoms with Crippen molar-refractivity contribution in [2.24, 2.45) is 5.92 Å². The standard InChI is InChI=1S/C17H15.C9H13.C2H6Si.2ClH.Zr/c1-12-8-9-16-15(10-12)11-13(2)17(16)14-6-4-3-5-7-14;1-6-5-7(2)9(4)8(6)3;1-3-2;;;/h3-11H,1-2H3;6H,1-4H3;1-2H3;2*1H;. The molecule has 0 heterocycles. The molecule has 0 aliphatic heterocycles. The van der Waals surface area contributed by atoms with E-state index in [1.807, 2.05) is 3.28 Å². The molecule has 0 amide bonds. The Kier molecular flexibility index (Phi) is 9.25. The summed E-state index contributed by atoms with van der Waals surface area (Å²) in [4.78, 5) is 0. The maximum absolute atomic E-state index is 2.61. The van der Waals surface area contributed by atoms with Gasteiger partial charge in [0.1, 0.15) is 0 Å². The summed E-state index contributed by atoms with van der Waals surface area (Å²) in [6.45, 7) is 19.6. The molecule has 170 valence electrons. The predicted octanol–water partition coefficient (Wildman–Crippen LogP) is 8.84. The molecule has 4 heteroatoms. The van der Waals surface area contributed by atoms with E-state index in [9.17, 15) is 0 Å². The molecule has 2 aliphatic carbocycles. The van der Waals surface area contributed by atoms with Crippen LogP contribution in [0.2, 0.25) is 13.1 Å². The van der Waals surface area contributed by atoms with Crippen molar-refractivity contribution in [3.05, 3.63) is 96.4 Å². The summed E-state index contributed by atoms with van der Waals surface area (Å²) in [5, 5.41) is 0. The molecule has 2 atom stereocenters. The Morgan fingerprint density at radius 1 is 0.781 bits per heavy atom. The summed E-state index contributed by atoms with van der Waals surface area (Å²) >= 11 is -1.96. The molecule has 0 N–H and O–H groups in total. The van der Waals surface area contributed by atoms with Crippen molar-refractivity contribution in [1.29, 1.82) is 0 Å². The zero-order chi connectivity index (χ0) is 21.7. The molecular formula is C28H36Cl2SiZr. The molecule has 4 rings (SSSR count). The number of hydrogen-bond acceptors (Lipinski definition) is 0. The van der Waals surface area contributed by atoms with Crippen molar-refractivity contribution in [2.75, 3.05) is 0 Å². The van der Waals surface area contributed by atoms with Crippen LogP contribution in [0.15, 0.2) is 74.1 Å². The molecule has 0 saturated carbocycles. The molecule has 0 bridgehead atoms. The molecule has 32 heavy (non-hydrogen) atoms. The second kappa shape index (κ2) is 10.7. The fourth-order valence-corrected chi connectivity index (χ4v) is 26.2. The maximum Gasteiger partial charge on any atom is -0.147 e. The zero-order valence-electron chi connectivity index (χ0n) is 20.6. The first-order valence-electron chi connectivity index (χ1n) is 11.2.